The summed E-state index contributed by atoms with van der Waals surface area (Å²) in [6.07, 6.45) is 4.04. The fourth-order valence-electron chi connectivity index (χ4n) is 4.53. The van der Waals surface area contributed by atoms with Gasteiger partial charge in [-0.25, -0.2) is 10.4 Å². The molecule has 3 N–H and O–H groups in total. The fourth-order valence-corrected chi connectivity index (χ4v) is 4.53. The number of nitrogens with one attached hydrogen (secondary N) is 3. The Morgan fingerprint density at radius 1 is 1.05 bits per heavy atom. The number of rotatable bonds is 1. The quantitative estimate of drug-likeness (QED) is 0.379. The van der Waals surface area contributed by atoms with Crippen molar-refractivity contribution in [3.63, 3.8) is 0 Å². The molecule has 0 spiro atoms. The zero-order valence-corrected chi connectivity index (χ0v) is 22.7. The van der Waals surface area contributed by atoms with Gasteiger partial charge in [-0.05, 0) is 56.9 Å². The van der Waals surface area contributed by atoms with Gasteiger partial charge in [0, 0.05) is 11.9 Å². The fraction of sp³-hybridized carbons (Fsp3) is 0.414. The molecule has 1 aromatic carbocycles. The molecular weight excluding hydrogens is 498 g/mol. The van der Waals surface area contributed by atoms with E-state index >= 15 is 0 Å². The van der Waals surface area contributed by atoms with E-state index in [0.29, 0.717) is 30.7 Å². The SMILES string of the molecule is C=C(C)[C@@H]1NC(=O)[C@H](C)/C=C/c2ccc3ccc(nc3c2)[C@@H](C)OC(=O)[C@@H]2CCCN(N2)C(=O)[C@H](C)NC1=O. The molecule has 1 aromatic heterocycles. The average molecular weight is 534 g/mol. The minimum Gasteiger partial charge on any atom is -0.455 e. The average Bonchev–Trinajstić information content (AvgIpc) is 2.92. The minimum atomic E-state index is -1.01. The number of fused-ring (bicyclic) bond motifs is 4. The maximum absolute atomic E-state index is 13.1. The number of hydrogen-bond acceptors (Lipinski definition) is 7. The lowest BCUT2D eigenvalue weighted by molar-refractivity contribution is -0.157. The highest BCUT2D eigenvalue weighted by molar-refractivity contribution is 5.94. The molecule has 2 aliphatic heterocycles. The molecule has 206 valence electrons. The van der Waals surface area contributed by atoms with Crippen molar-refractivity contribution in [3.05, 3.63) is 59.8 Å². The summed E-state index contributed by atoms with van der Waals surface area (Å²) in [5.41, 5.74) is 5.55. The zero-order valence-electron chi connectivity index (χ0n) is 22.7. The van der Waals surface area contributed by atoms with Crippen LogP contribution in [0.1, 0.15) is 57.9 Å². The lowest BCUT2D eigenvalue weighted by atomic mass is 10.0. The number of carbonyl (C=O) groups excluding carboxylic acids is 4. The molecule has 2 aromatic rings. The number of benzene rings is 1. The molecule has 10 heteroatoms. The number of aromatic nitrogens is 1. The highest BCUT2D eigenvalue weighted by Crippen LogP contribution is 2.22. The lowest BCUT2D eigenvalue weighted by Gasteiger charge is -2.35. The molecule has 3 heterocycles. The molecule has 0 unspecified atom stereocenters. The topological polar surface area (TPSA) is 130 Å². The summed E-state index contributed by atoms with van der Waals surface area (Å²) in [7, 11) is 0. The van der Waals surface area contributed by atoms with E-state index in [0.717, 1.165) is 16.5 Å². The number of esters is 1. The van der Waals surface area contributed by atoms with Crippen LogP contribution in [0.3, 0.4) is 0 Å². The van der Waals surface area contributed by atoms with Gasteiger partial charge in [0.1, 0.15) is 24.2 Å². The van der Waals surface area contributed by atoms with Crippen molar-refractivity contribution in [1.29, 1.82) is 0 Å². The van der Waals surface area contributed by atoms with Crippen molar-refractivity contribution < 1.29 is 23.9 Å². The van der Waals surface area contributed by atoms with Crippen molar-refractivity contribution in [2.45, 2.75) is 64.8 Å². The first-order chi connectivity index (χ1) is 18.5. The summed E-state index contributed by atoms with van der Waals surface area (Å²) in [5.74, 6) is -2.34. The summed E-state index contributed by atoms with van der Waals surface area (Å²) < 4.78 is 5.72. The number of nitrogens with zero attached hydrogens (tertiary/aromatic N) is 2. The van der Waals surface area contributed by atoms with Gasteiger partial charge >= 0.3 is 5.97 Å². The Morgan fingerprint density at radius 3 is 2.54 bits per heavy atom. The van der Waals surface area contributed by atoms with Crippen LogP contribution in [0.15, 0.2) is 48.6 Å². The van der Waals surface area contributed by atoms with Gasteiger partial charge in [0.05, 0.1) is 17.1 Å². The molecule has 5 atom stereocenters. The van der Waals surface area contributed by atoms with Crippen molar-refractivity contribution in [2.24, 2.45) is 5.92 Å². The van der Waals surface area contributed by atoms with Crippen LogP contribution in [-0.4, -0.2) is 58.4 Å². The molecule has 0 saturated carbocycles. The number of hydrazine groups is 1. The summed E-state index contributed by atoms with van der Waals surface area (Å²) in [4.78, 5) is 56.8. The molecule has 4 rings (SSSR count). The van der Waals surface area contributed by atoms with Crippen LogP contribution in [0.2, 0.25) is 0 Å². The monoisotopic (exact) mass is 533 g/mol. The van der Waals surface area contributed by atoms with Gasteiger partial charge in [-0.1, -0.05) is 43.9 Å². The molecule has 5 bridgehead atoms. The van der Waals surface area contributed by atoms with E-state index in [9.17, 15) is 19.2 Å². The van der Waals surface area contributed by atoms with Crippen LogP contribution in [0, 0.1) is 5.92 Å². The maximum atomic E-state index is 13.1. The summed E-state index contributed by atoms with van der Waals surface area (Å²) in [6.45, 7) is 10.9. The van der Waals surface area contributed by atoms with Gasteiger partial charge in [-0.15, -0.1) is 0 Å². The van der Waals surface area contributed by atoms with Crippen LogP contribution in [0.25, 0.3) is 17.0 Å². The summed E-state index contributed by atoms with van der Waals surface area (Å²) >= 11 is 0. The van der Waals surface area contributed by atoms with Crippen molar-refractivity contribution in [1.82, 2.24) is 26.1 Å². The van der Waals surface area contributed by atoms with Gasteiger partial charge in [0.15, 0.2) is 0 Å². The van der Waals surface area contributed by atoms with Crippen molar-refractivity contribution in [2.75, 3.05) is 6.54 Å². The molecule has 10 nitrogen and oxygen atoms in total. The van der Waals surface area contributed by atoms with E-state index < -0.39 is 47.9 Å². The Bertz CT molecular complexity index is 1340. The Balaban J connectivity index is 1.68. The molecule has 3 amide bonds. The predicted octanol–water partition coefficient (Wildman–Crippen LogP) is 2.56. The van der Waals surface area contributed by atoms with Gasteiger partial charge in [-0.3, -0.25) is 24.2 Å². The smallest absolute Gasteiger partial charge is 0.325 e. The third-order valence-corrected chi connectivity index (χ3v) is 6.95. The summed E-state index contributed by atoms with van der Waals surface area (Å²) in [5, 5.41) is 7.66. The van der Waals surface area contributed by atoms with E-state index in [-0.39, 0.29) is 5.91 Å². The Labute approximate surface area is 227 Å². The van der Waals surface area contributed by atoms with Crippen LogP contribution in [-0.2, 0) is 23.9 Å². The van der Waals surface area contributed by atoms with Gasteiger partial charge in [0.25, 0.3) is 5.91 Å². The first-order valence-electron chi connectivity index (χ1n) is 13.2. The second kappa shape index (κ2) is 11.8. The van der Waals surface area contributed by atoms with Crippen LogP contribution < -0.4 is 16.1 Å². The molecule has 0 aliphatic carbocycles. The first-order valence-corrected chi connectivity index (χ1v) is 13.2. The number of amides is 3. The van der Waals surface area contributed by atoms with Crippen molar-refractivity contribution in [3.8, 4) is 0 Å². The third kappa shape index (κ3) is 6.51. The standard InChI is InChI=1S/C29H35N5O5/c1-16(2)25-27(36)30-18(4)28(37)34-14-6-7-23(33-34)29(38)39-19(5)22-13-12-21-11-10-20(15-24(21)31-22)9-8-17(3)26(35)32-25/h8-13,15,17-19,23,25,33H,1,6-7,14H2,2-5H3,(H,30,36)(H,32,35)/b9-8+/t17-,18+,19-,23+,25+/m1/s1. The molecule has 0 radical (unpaired) electrons. The number of pyridine rings is 1. The largest absolute Gasteiger partial charge is 0.455 e. The number of cyclic esters (lactones) is 1. The lowest BCUT2D eigenvalue weighted by Crippen LogP contribution is -2.60. The zero-order chi connectivity index (χ0) is 28.3. The maximum Gasteiger partial charge on any atom is 0.325 e. The summed E-state index contributed by atoms with van der Waals surface area (Å²) in [6, 6.07) is 6.85. The van der Waals surface area contributed by atoms with Crippen molar-refractivity contribution >= 4 is 40.7 Å². The predicted molar refractivity (Wildman–Crippen MR) is 147 cm³/mol. The number of hydrogen-bond donors (Lipinski definition) is 3. The van der Waals surface area contributed by atoms with E-state index in [1.165, 1.54) is 5.01 Å². The number of ether oxygens (including phenoxy) is 1. The Kier molecular flexibility index (Phi) is 8.44. The third-order valence-electron chi connectivity index (χ3n) is 6.95. The molecule has 1 saturated heterocycles. The molecule has 39 heavy (non-hydrogen) atoms. The van der Waals surface area contributed by atoms with Gasteiger partial charge in [-0.2, -0.15) is 0 Å². The van der Waals surface area contributed by atoms with Crippen LogP contribution in [0.4, 0.5) is 0 Å². The van der Waals surface area contributed by atoms with Crippen LogP contribution in [0.5, 0.6) is 0 Å². The van der Waals surface area contributed by atoms with E-state index in [1.807, 2.05) is 36.4 Å². The van der Waals surface area contributed by atoms with E-state index in [2.05, 4.69) is 22.6 Å². The second-order valence-corrected chi connectivity index (χ2v) is 10.2. The van der Waals surface area contributed by atoms with Crippen LogP contribution >= 0.6 is 0 Å². The second-order valence-electron chi connectivity index (χ2n) is 10.2. The Morgan fingerprint density at radius 2 is 1.79 bits per heavy atom. The van der Waals surface area contributed by atoms with E-state index in [1.54, 1.807) is 33.8 Å². The van der Waals surface area contributed by atoms with Gasteiger partial charge in [0.2, 0.25) is 11.8 Å². The highest BCUT2D eigenvalue weighted by Gasteiger charge is 2.33. The highest BCUT2D eigenvalue weighted by atomic mass is 16.5. The minimum absolute atomic E-state index is 0.356. The molecular formula is C29H35N5O5. The first kappa shape index (κ1) is 28.0. The van der Waals surface area contributed by atoms with Gasteiger partial charge < -0.3 is 15.4 Å². The number of carbonyl (C=O) groups is 4. The molecule has 1 fully saturated rings. The normalized spacial score (nSPS) is 27.9. The molecule has 2 aliphatic rings. The Hall–Kier alpha value is -4.05. The van der Waals surface area contributed by atoms with E-state index in [4.69, 9.17) is 9.72 Å².